The summed E-state index contributed by atoms with van der Waals surface area (Å²) in [6.07, 6.45) is -0.0143. The molecule has 0 fully saturated rings. The fourth-order valence-electron chi connectivity index (χ4n) is 3.04. The van der Waals surface area contributed by atoms with Gasteiger partial charge in [0.15, 0.2) is 0 Å². The molecule has 1 amide bonds. The smallest absolute Gasteiger partial charge is 0.337 e. The van der Waals surface area contributed by atoms with Crippen LogP contribution in [0.3, 0.4) is 0 Å². The van der Waals surface area contributed by atoms with Gasteiger partial charge in [0.25, 0.3) is 5.91 Å². The van der Waals surface area contributed by atoms with E-state index in [4.69, 9.17) is 9.15 Å². The SMILES string of the molecule is CC(C)Oc1ccc2c(C(=O)NCc3csc(-c4ccccc4)n3)cc(=O)oc2c1. The molecule has 2 aromatic carbocycles. The van der Waals surface area contributed by atoms with Crippen LogP contribution in [-0.4, -0.2) is 17.0 Å². The van der Waals surface area contributed by atoms with Crippen molar-refractivity contribution in [3.8, 4) is 16.3 Å². The predicted octanol–water partition coefficient (Wildman–Crippen LogP) is 4.63. The van der Waals surface area contributed by atoms with Gasteiger partial charge in [-0.2, -0.15) is 0 Å². The second kappa shape index (κ2) is 8.51. The highest BCUT2D eigenvalue weighted by atomic mass is 32.1. The molecule has 152 valence electrons. The fraction of sp³-hybridized carbons (Fsp3) is 0.174. The second-order valence-corrected chi connectivity index (χ2v) is 7.85. The Hall–Kier alpha value is -3.45. The number of ether oxygens (including phenoxy) is 1. The maximum atomic E-state index is 12.8. The van der Waals surface area contributed by atoms with E-state index in [1.54, 1.807) is 18.2 Å². The van der Waals surface area contributed by atoms with Crippen molar-refractivity contribution in [3.63, 3.8) is 0 Å². The lowest BCUT2D eigenvalue weighted by atomic mass is 10.1. The summed E-state index contributed by atoms with van der Waals surface area (Å²) in [4.78, 5) is 29.3. The first-order chi connectivity index (χ1) is 14.5. The molecular weight excluding hydrogens is 400 g/mol. The van der Waals surface area contributed by atoms with E-state index in [0.29, 0.717) is 16.7 Å². The van der Waals surface area contributed by atoms with Crippen molar-refractivity contribution in [3.05, 3.63) is 81.7 Å². The highest BCUT2D eigenvalue weighted by Gasteiger charge is 2.15. The van der Waals surface area contributed by atoms with Crippen LogP contribution in [0, 0.1) is 0 Å². The molecule has 0 aliphatic carbocycles. The zero-order valence-electron chi connectivity index (χ0n) is 16.5. The zero-order valence-corrected chi connectivity index (χ0v) is 17.4. The fourth-order valence-corrected chi connectivity index (χ4v) is 3.87. The van der Waals surface area contributed by atoms with Crippen LogP contribution in [0.1, 0.15) is 29.9 Å². The molecule has 4 rings (SSSR count). The molecule has 1 N–H and O–H groups in total. The molecule has 6 nitrogen and oxygen atoms in total. The van der Waals surface area contributed by atoms with Gasteiger partial charge in [-0.1, -0.05) is 30.3 Å². The van der Waals surface area contributed by atoms with E-state index in [0.717, 1.165) is 16.3 Å². The lowest BCUT2D eigenvalue weighted by molar-refractivity contribution is 0.0951. The van der Waals surface area contributed by atoms with Gasteiger partial charge in [-0.3, -0.25) is 4.79 Å². The highest BCUT2D eigenvalue weighted by molar-refractivity contribution is 7.13. The number of hydrogen-bond donors (Lipinski definition) is 1. The number of hydrogen-bond acceptors (Lipinski definition) is 6. The summed E-state index contributed by atoms with van der Waals surface area (Å²) in [6.45, 7) is 4.08. The van der Waals surface area contributed by atoms with Gasteiger partial charge in [-0.15, -0.1) is 11.3 Å². The number of fused-ring (bicyclic) bond motifs is 1. The minimum Gasteiger partial charge on any atom is -0.491 e. The number of carbonyl (C=O) groups is 1. The van der Waals surface area contributed by atoms with Crippen molar-refractivity contribution in [2.24, 2.45) is 0 Å². The van der Waals surface area contributed by atoms with Crippen molar-refractivity contribution < 1.29 is 13.9 Å². The van der Waals surface area contributed by atoms with Crippen molar-refractivity contribution in [1.29, 1.82) is 0 Å². The Morgan fingerprint density at radius 1 is 1.17 bits per heavy atom. The van der Waals surface area contributed by atoms with Gasteiger partial charge >= 0.3 is 5.63 Å². The van der Waals surface area contributed by atoms with Gasteiger partial charge in [0.05, 0.1) is 23.9 Å². The van der Waals surface area contributed by atoms with E-state index in [2.05, 4.69) is 10.3 Å². The molecule has 0 spiro atoms. The maximum absolute atomic E-state index is 12.8. The molecule has 2 aromatic heterocycles. The standard InChI is InChI=1S/C23H20N2O4S/c1-14(2)28-17-8-9-18-19(11-21(26)29-20(18)10-17)22(27)24-12-16-13-30-23(25-16)15-6-4-3-5-7-15/h3-11,13-14H,12H2,1-2H3,(H,24,27). The summed E-state index contributed by atoms with van der Waals surface area (Å²) in [5.41, 5.74) is 1.77. The number of carbonyl (C=O) groups excluding carboxylic acids is 1. The first kappa shape index (κ1) is 19.8. The molecule has 0 atom stereocenters. The van der Waals surface area contributed by atoms with Gasteiger partial charge in [-0.25, -0.2) is 9.78 Å². The van der Waals surface area contributed by atoms with Gasteiger partial charge in [0.1, 0.15) is 16.3 Å². The minimum atomic E-state index is -0.589. The first-order valence-corrected chi connectivity index (χ1v) is 10.4. The van der Waals surface area contributed by atoms with Crippen LogP contribution < -0.4 is 15.7 Å². The van der Waals surface area contributed by atoms with Crippen LogP contribution in [0.25, 0.3) is 21.5 Å². The molecule has 4 aromatic rings. The summed E-state index contributed by atoms with van der Waals surface area (Å²) in [6, 6.07) is 16.2. The largest absolute Gasteiger partial charge is 0.491 e. The minimum absolute atomic E-state index is 0.0143. The molecule has 7 heteroatoms. The normalized spacial score (nSPS) is 11.0. The average Bonchev–Trinajstić information content (AvgIpc) is 3.20. The van der Waals surface area contributed by atoms with Crippen LogP contribution in [-0.2, 0) is 6.54 Å². The van der Waals surface area contributed by atoms with E-state index in [-0.39, 0.29) is 24.1 Å². The lowest BCUT2D eigenvalue weighted by Gasteiger charge is -2.11. The third-order valence-electron chi connectivity index (χ3n) is 4.33. The van der Waals surface area contributed by atoms with Crippen molar-refractivity contribution >= 4 is 28.2 Å². The lowest BCUT2D eigenvalue weighted by Crippen LogP contribution is -2.24. The van der Waals surface area contributed by atoms with E-state index >= 15 is 0 Å². The van der Waals surface area contributed by atoms with Gasteiger partial charge in [0, 0.05) is 28.5 Å². The monoisotopic (exact) mass is 420 g/mol. The highest BCUT2D eigenvalue weighted by Crippen LogP contribution is 2.25. The van der Waals surface area contributed by atoms with Gasteiger partial charge in [-0.05, 0) is 26.0 Å². The molecule has 0 radical (unpaired) electrons. The molecule has 0 saturated heterocycles. The molecule has 0 unspecified atom stereocenters. The maximum Gasteiger partial charge on any atom is 0.337 e. The van der Waals surface area contributed by atoms with E-state index in [1.165, 1.54) is 17.4 Å². The summed E-state index contributed by atoms with van der Waals surface area (Å²) < 4.78 is 10.9. The number of benzene rings is 2. The number of rotatable bonds is 6. The van der Waals surface area contributed by atoms with Crippen LogP contribution in [0.5, 0.6) is 5.75 Å². The second-order valence-electron chi connectivity index (χ2n) is 7.00. The molecule has 0 bridgehead atoms. The third kappa shape index (κ3) is 4.41. The molecular formula is C23H20N2O4S. The zero-order chi connectivity index (χ0) is 21.1. The number of nitrogens with one attached hydrogen (secondary N) is 1. The topological polar surface area (TPSA) is 81.4 Å². The Balaban J connectivity index is 1.53. The summed E-state index contributed by atoms with van der Waals surface area (Å²) >= 11 is 1.52. The van der Waals surface area contributed by atoms with E-state index < -0.39 is 5.63 Å². The molecule has 0 saturated carbocycles. The van der Waals surface area contributed by atoms with Crippen LogP contribution in [0.15, 0.2) is 69.2 Å². The van der Waals surface area contributed by atoms with Crippen LogP contribution >= 0.6 is 11.3 Å². The Morgan fingerprint density at radius 3 is 2.73 bits per heavy atom. The quantitative estimate of drug-likeness (QED) is 0.460. The molecule has 2 heterocycles. The van der Waals surface area contributed by atoms with Crippen molar-refractivity contribution in [2.45, 2.75) is 26.5 Å². The van der Waals surface area contributed by atoms with Gasteiger partial charge < -0.3 is 14.5 Å². The van der Waals surface area contributed by atoms with Crippen molar-refractivity contribution in [2.75, 3.05) is 0 Å². The Labute approximate surface area is 177 Å². The third-order valence-corrected chi connectivity index (χ3v) is 5.28. The number of nitrogens with zero attached hydrogens (tertiary/aromatic N) is 1. The number of aromatic nitrogens is 1. The predicted molar refractivity (Wildman–Crippen MR) is 117 cm³/mol. The number of thiazole rings is 1. The van der Waals surface area contributed by atoms with Crippen LogP contribution in [0.4, 0.5) is 0 Å². The van der Waals surface area contributed by atoms with Crippen molar-refractivity contribution in [1.82, 2.24) is 10.3 Å². The average molecular weight is 420 g/mol. The molecule has 30 heavy (non-hydrogen) atoms. The number of amides is 1. The Kier molecular flexibility index (Phi) is 5.63. The first-order valence-electron chi connectivity index (χ1n) is 9.52. The van der Waals surface area contributed by atoms with E-state index in [1.807, 2.05) is 49.6 Å². The Morgan fingerprint density at radius 2 is 1.97 bits per heavy atom. The van der Waals surface area contributed by atoms with Gasteiger partial charge in [0.2, 0.25) is 0 Å². The molecule has 0 aliphatic rings. The van der Waals surface area contributed by atoms with E-state index in [9.17, 15) is 9.59 Å². The summed E-state index contributed by atoms with van der Waals surface area (Å²) in [5, 5.41) is 6.19. The Bertz CT molecular complexity index is 1250. The summed E-state index contributed by atoms with van der Waals surface area (Å²) in [5.74, 6) is 0.216. The molecule has 0 aliphatic heterocycles. The summed E-state index contributed by atoms with van der Waals surface area (Å²) in [7, 11) is 0. The van der Waals surface area contributed by atoms with Crippen LogP contribution in [0.2, 0.25) is 0 Å².